The zero-order valence-electron chi connectivity index (χ0n) is 19.7. The van der Waals surface area contributed by atoms with Crippen LogP contribution in [0.3, 0.4) is 0 Å². The molecule has 0 fully saturated rings. The number of methoxy groups -OCH3 is 1. The maximum atomic E-state index is 14.0. The Morgan fingerprint density at radius 2 is 1.86 bits per heavy atom. The highest BCUT2D eigenvalue weighted by molar-refractivity contribution is 9.11. The van der Waals surface area contributed by atoms with Crippen LogP contribution >= 0.6 is 43.5 Å². The molecule has 1 atom stereocenters. The van der Waals surface area contributed by atoms with E-state index in [-0.39, 0.29) is 29.2 Å². The molecule has 5 rings (SSSR count). The van der Waals surface area contributed by atoms with E-state index in [9.17, 15) is 14.4 Å². The van der Waals surface area contributed by atoms with Gasteiger partial charge in [-0.1, -0.05) is 41.4 Å². The number of Topliss-reactive ketones (excluding diaryl/α,β-unsaturated/α-hetero) is 1. The molecule has 1 amide bonds. The summed E-state index contributed by atoms with van der Waals surface area (Å²) < 4.78 is 6.67. The van der Waals surface area contributed by atoms with Crippen molar-refractivity contribution in [2.24, 2.45) is 11.1 Å². The number of anilines is 2. The second kappa shape index (κ2) is 8.46. The van der Waals surface area contributed by atoms with Crippen molar-refractivity contribution < 1.29 is 19.1 Å². The average molecular weight is 636 g/mol. The molecule has 2 heterocycles. The first-order valence-electron chi connectivity index (χ1n) is 11.1. The number of carbonyl (C=O) groups is 3. The van der Waals surface area contributed by atoms with Crippen molar-refractivity contribution in [1.29, 1.82) is 0 Å². The summed E-state index contributed by atoms with van der Waals surface area (Å²) in [6.07, 6.45) is 0.636. The lowest BCUT2D eigenvalue weighted by atomic mass is 9.60. The fourth-order valence-electron chi connectivity index (χ4n) is 5.55. The topological polar surface area (TPSA) is 102 Å². The third kappa shape index (κ3) is 3.47. The number of hydrogen-bond donors (Lipinski definition) is 2. The van der Waals surface area contributed by atoms with Crippen molar-refractivity contribution in [3.63, 3.8) is 0 Å². The molecule has 3 aliphatic rings. The summed E-state index contributed by atoms with van der Waals surface area (Å²) in [6.45, 7) is 3.98. The van der Waals surface area contributed by atoms with Crippen molar-refractivity contribution in [1.82, 2.24) is 0 Å². The first-order valence-corrected chi connectivity index (χ1v) is 13.1. The lowest BCUT2D eigenvalue weighted by molar-refractivity contribution is -0.138. The summed E-state index contributed by atoms with van der Waals surface area (Å²) in [5.41, 5.74) is 6.74. The number of amides is 1. The molecule has 0 radical (unpaired) electrons. The molecule has 2 aromatic rings. The van der Waals surface area contributed by atoms with Crippen LogP contribution in [0.2, 0.25) is 5.02 Å². The number of nitrogens with zero attached hydrogens (tertiary/aromatic N) is 1. The maximum absolute atomic E-state index is 14.0. The number of nitrogens with one attached hydrogen (secondary N) is 1. The van der Waals surface area contributed by atoms with Gasteiger partial charge in [0, 0.05) is 42.9 Å². The van der Waals surface area contributed by atoms with Gasteiger partial charge >= 0.3 is 5.97 Å². The van der Waals surface area contributed by atoms with Gasteiger partial charge in [-0.3, -0.25) is 14.5 Å². The van der Waals surface area contributed by atoms with E-state index in [0.717, 1.165) is 4.47 Å². The standard InChI is InChI=1S/C26H22Br2ClN3O4/c1-25(2)10-18-20(19(33)11-25)26(14-9-13(29)5-6-16(14)31-24(26)35)21(23(34)36-3)22(30)32(18)17-7-4-12(27)8-15(17)28/h4-9H,10-11,30H2,1-3H3,(H,31,35). The Bertz CT molecular complexity index is 1450. The lowest BCUT2D eigenvalue weighted by Crippen LogP contribution is -2.54. The van der Waals surface area contributed by atoms with E-state index in [0.29, 0.717) is 38.6 Å². The van der Waals surface area contributed by atoms with Crippen molar-refractivity contribution >= 4 is 72.5 Å². The second-order valence-corrected chi connectivity index (χ2v) is 12.0. The lowest BCUT2D eigenvalue weighted by Gasteiger charge is -2.47. The summed E-state index contributed by atoms with van der Waals surface area (Å²) in [7, 11) is 1.22. The molecule has 0 bridgehead atoms. The molecular weight excluding hydrogens is 614 g/mol. The number of esters is 1. The SMILES string of the molecule is COC(=O)C1=C(N)N(c2ccc(Br)cc2Br)C2=C(C(=O)CC(C)(C)C2)C12C(=O)Nc1ccc(Cl)cc12. The van der Waals surface area contributed by atoms with Gasteiger partial charge in [-0.05, 0) is 64.2 Å². The zero-order chi connectivity index (χ0) is 26.2. The largest absolute Gasteiger partial charge is 0.466 e. The highest BCUT2D eigenvalue weighted by Crippen LogP contribution is 2.58. The van der Waals surface area contributed by atoms with Gasteiger partial charge in [0.1, 0.15) is 16.8 Å². The van der Waals surface area contributed by atoms with Crippen LogP contribution in [0.25, 0.3) is 0 Å². The highest BCUT2D eigenvalue weighted by Gasteiger charge is 2.63. The van der Waals surface area contributed by atoms with E-state index in [1.807, 2.05) is 32.0 Å². The van der Waals surface area contributed by atoms with Crippen LogP contribution in [0.15, 0.2) is 68.0 Å². The van der Waals surface area contributed by atoms with Gasteiger partial charge in [0.05, 0.1) is 12.8 Å². The molecule has 0 saturated carbocycles. The second-order valence-electron chi connectivity index (χ2n) is 9.84. The number of benzene rings is 2. The van der Waals surface area contributed by atoms with Gasteiger partial charge in [-0.2, -0.15) is 0 Å². The monoisotopic (exact) mass is 633 g/mol. The Morgan fingerprint density at radius 3 is 2.53 bits per heavy atom. The molecule has 10 heteroatoms. The quantitative estimate of drug-likeness (QED) is 0.419. The number of fused-ring (bicyclic) bond motifs is 3. The third-order valence-electron chi connectivity index (χ3n) is 6.88. The van der Waals surface area contributed by atoms with E-state index in [1.165, 1.54) is 7.11 Å². The molecule has 0 aromatic heterocycles. The van der Waals surface area contributed by atoms with Crippen molar-refractivity contribution in [3.05, 3.63) is 78.6 Å². The van der Waals surface area contributed by atoms with Crippen molar-refractivity contribution in [2.75, 3.05) is 17.3 Å². The van der Waals surface area contributed by atoms with Gasteiger partial charge in [0.2, 0.25) is 5.91 Å². The van der Waals surface area contributed by atoms with Gasteiger partial charge in [0.25, 0.3) is 0 Å². The Balaban J connectivity index is 1.95. The summed E-state index contributed by atoms with van der Waals surface area (Å²) in [6, 6.07) is 10.4. The Hall–Kier alpha value is -2.62. The van der Waals surface area contributed by atoms with Gasteiger partial charge in [-0.25, -0.2) is 4.79 Å². The number of ketones is 1. The molecule has 2 aromatic carbocycles. The Morgan fingerprint density at radius 1 is 1.14 bits per heavy atom. The molecule has 0 saturated heterocycles. The summed E-state index contributed by atoms with van der Waals surface area (Å²) in [5.74, 6) is -1.58. The minimum absolute atomic E-state index is 0.0112. The highest BCUT2D eigenvalue weighted by atomic mass is 79.9. The fraction of sp³-hybridized carbons (Fsp3) is 0.269. The van der Waals surface area contributed by atoms with Gasteiger partial charge in [0.15, 0.2) is 5.78 Å². The average Bonchev–Trinajstić information content (AvgIpc) is 3.05. The zero-order valence-corrected chi connectivity index (χ0v) is 23.6. The fourth-order valence-corrected chi connectivity index (χ4v) is 6.94. The first kappa shape index (κ1) is 25.0. The molecular formula is C26H22Br2ClN3O4. The van der Waals surface area contributed by atoms with Crippen LogP contribution < -0.4 is 16.0 Å². The van der Waals surface area contributed by atoms with Crippen LogP contribution in [0.5, 0.6) is 0 Å². The number of rotatable bonds is 2. The first-order chi connectivity index (χ1) is 16.9. The Labute approximate surface area is 229 Å². The third-order valence-corrected chi connectivity index (χ3v) is 8.25. The number of halogens is 3. The molecule has 1 aliphatic carbocycles. The van der Waals surface area contributed by atoms with E-state index >= 15 is 0 Å². The van der Waals surface area contributed by atoms with Crippen LogP contribution in [-0.4, -0.2) is 24.8 Å². The number of nitrogens with two attached hydrogens (primary N) is 1. The molecule has 2 aliphatic heterocycles. The normalized spacial score (nSPS) is 22.6. The number of carbonyl (C=O) groups excluding carboxylic acids is 3. The predicted molar refractivity (Wildman–Crippen MR) is 144 cm³/mol. The molecule has 36 heavy (non-hydrogen) atoms. The van der Waals surface area contributed by atoms with Crippen LogP contribution in [0, 0.1) is 5.41 Å². The number of hydrogen-bond acceptors (Lipinski definition) is 6. The molecule has 1 unspecified atom stereocenters. The maximum Gasteiger partial charge on any atom is 0.339 e. The number of allylic oxidation sites excluding steroid dienone is 1. The molecule has 1 spiro atoms. The minimum Gasteiger partial charge on any atom is -0.466 e. The molecule has 186 valence electrons. The van der Waals surface area contributed by atoms with Gasteiger partial charge < -0.3 is 15.8 Å². The van der Waals surface area contributed by atoms with Gasteiger partial charge in [-0.15, -0.1) is 0 Å². The molecule has 3 N–H and O–H groups in total. The van der Waals surface area contributed by atoms with Crippen molar-refractivity contribution in [2.45, 2.75) is 32.1 Å². The van der Waals surface area contributed by atoms with E-state index in [2.05, 4.69) is 37.2 Å². The number of ether oxygens (including phenoxy) is 1. The summed E-state index contributed by atoms with van der Waals surface area (Å²) in [5, 5.41) is 3.20. The minimum atomic E-state index is -1.79. The molecule has 7 nitrogen and oxygen atoms in total. The van der Waals surface area contributed by atoms with Crippen molar-refractivity contribution in [3.8, 4) is 0 Å². The van der Waals surface area contributed by atoms with Crippen LogP contribution in [-0.2, 0) is 24.5 Å². The predicted octanol–water partition coefficient (Wildman–Crippen LogP) is 5.56. The van der Waals surface area contributed by atoms with E-state index in [4.69, 9.17) is 22.1 Å². The van der Waals surface area contributed by atoms with Crippen LogP contribution in [0.1, 0.15) is 32.3 Å². The summed E-state index contributed by atoms with van der Waals surface area (Å²) >= 11 is 13.4. The smallest absolute Gasteiger partial charge is 0.339 e. The van der Waals surface area contributed by atoms with E-state index < -0.39 is 22.7 Å². The van der Waals surface area contributed by atoms with E-state index in [1.54, 1.807) is 23.1 Å². The summed E-state index contributed by atoms with van der Waals surface area (Å²) in [4.78, 5) is 43.1. The van der Waals surface area contributed by atoms with Crippen LogP contribution in [0.4, 0.5) is 11.4 Å². The Kier molecular flexibility index (Phi) is 5.89.